The molecule has 1 saturated heterocycles. The molecule has 1 unspecified atom stereocenters. The van der Waals surface area contributed by atoms with Gasteiger partial charge in [0.25, 0.3) is 0 Å². The third kappa shape index (κ3) is 2.72. The van der Waals surface area contributed by atoms with Crippen LogP contribution >= 0.6 is 0 Å². The first-order valence-electron chi connectivity index (χ1n) is 8.78. The molecule has 0 amide bonds. The Kier molecular flexibility index (Phi) is 4.41. The summed E-state index contributed by atoms with van der Waals surface area (Å²) >= 11 is 0. The van der Waals surface area contributed by atoms with E-state index in [1.165, 1.54) is 11.1 Å². The molecule has 0 aromatic carbocycles. The molecule has 0 aromatic heterocycles. The summed E-state index contributed by atoms with van der Waals surface area (Å²) in [4.78, 5) is 24.3. The normalized spacial score (nSPS) is 35.2. The summed E-state index contributed by atoms with van der Waals surface area (Å²) in [6.07, 6.45) is 5.91. The number of rotatable bonds is 4. The summed E-state index contributed by atoms with van der Waals surface area (Å²) in [5.41, 5.74) is 2.61. The number of hydrogen-bond acceptors (Lipinski definition) is 4. The van der Waals surface area contributed by atoms with Gasteiger partial charge in [0.05, 0.1) is 5.92 Å². The van der Waals surface area contributed by atoms with Crippen molar-refractivity contribution >= 4 is 11.9 Å². The van der Waals surface area contributed by atoms with Crippen LogP contribution in [-0.4, -0.2) is 23.6 Å². The van der Waals surface area contributed by atoms with Crippen molar-refractivity contribution in [2.45, 2.75) is 64.1 Å². The van der Waals surface area contributed by atoms with Crippen LogP contribution in [0.2, 0.25) is 0 Å². The first-order chi connectivity index (χ1) is 11.4. The fourth-order valence-corrected chi connectivity index (χ4v) is 4.54. The maximum Gasteiger partial charge on any atom is 0.334 e. The Morgan fingerprint density at radius 3 is 2.92 bits per heavy atom. The van der Waals surface area contributed by atoms with Gasteiger partial charge in [-0.15, -0.1) is 6.58 Å². The van der Waals surface area contributed by atoms with Crippen molar-refractivity contribution in [2.24, 2.45) is 11.8 Å². The van der Waals surface area contributed by atoms with E-state index in [-0.39, 0.29) is 29.9 Å². The molecule has 1 saturated carbocycles. The van der Waals surface area contributed by atoms with Gasteiger partial charge in [-0.25, -0.2) is 4.79 Å². The molecular weight excluding hydrogens is 304 g/mol. The number of fused-ring (bicyclic) bond motifs is 3. The van der Waals surface area contributed by atoms with Gasteiger partial charge in [-0.1, -0.05) is 23.8 Å². The minimum atomic E-state index is -0.618. The zero-order chi connectivity index (χ0) is 17.5. The Balaban J connectivity index is 1.91. The van der Waals surface area contributed by atoms with Crippen LogP contribution in [0, 0.1) is 11.8 Å². The van der Waals surface area contributed by atoms with E-state index < -0.39 is 5.60 Å². The molecule has 1 aliphatic heterocycles. The molecule has 0 spiro atoms. The first-order valence-corrected chi connectivity index (χ1v) is 8.78. The van der Waals surface area contributed by atoms with Crippen LogP contribution in [0.15, 0.2) is 36.0 Å². The molecule has 3 aliphatic rings. The summed E-state index contributed by atoms with van der Waals surface area (Å²) in [6, 6.07) is 0. The molecule has 0 radical (unpaired) electrons. The lowest BCUT2D eigenvalue weighted by molar-refractivity contribution is -0.167. The molecule has 4 atom stereocenters. The standard InChI is InChI=1S/C20H26O4/c1-5-6-7-16(21)24-20(4)11-10-14-12(2)8-9-15-13(3)19(22)23-18(15)17(14)20/h5,15,17-18H,1,3,6-11H2,2,4H3/t15-,17?,18-,20+/m0/s1. The third-order valence-electron chi connectivity index (χ3n) is 5.88. The summed E-state index contributed by atoms with van der Waals surface area (Å²) < 4.78 is 11.6. The lowest BCUT2D eigenvalue weighted by Gasteiger charge is -2.36. The second-order valence-electron chi connectivity index (χ2n) is 7.44. The van der Waals surface area contributed by atoms with E-state index in [1.807, 2.05) is 6.92 Å². The van der Waals surface area contributed by atoms with Gasteiger partial charge in [-0.05, 0) is 46.0 Å². The molecule has 4 nitrogen and oxygen atoms in total. The highest BCUT2D eigenvalue weighted by atomic mass is 16.6. The topological polar surface area (TPSA) is 52.6 Å². The third-order valence-corrected chi connectivity index (χ3v) is 5.88. The molecule has 24 heavy (non-hydrogen) atoms. The molecule has 0 N–H and O–H groups in total. The van der Waals surface area contributed by atoms with E-state index in [0.29, 0.717) is 18.4 Å². The van der Waals surface area contributed by atoms with E-state index in [9.17, 15) is 9.59 Å². The van der Waals surface area contributed by atoms with Crippen LogP contribution in [0.3, 0.4) is 0 Å². The van der Waals surface area contributed by atoms with Crippen LogP contribution < -0.4 is 0 Å². The van der Waals surface area contributed by atoms with Gasteiger partial charge >= 0.3 is 11.9 Å². The molecule has 3 rings (SSSR count). The number of allylic oxidation sites excluding steroid dienone is 2. The fraction of sp³-hybridized carbons (Fsp3) is 0.600. The minimum absolute atomic E-state index is 0.0271. The fourth-order valence-electron chi connectivity index (χ4n) is 4.54. The van der Waals surface area contributed by atoms with Gasteiger partial charge in [0.2, 0.25) is 0 Å². The molecule has 2 aliphatic carbocycles. The summed E-state index contributed by atoms with van der Waals surface area (Å²) in [5.74, 6) is -0.531. The molecule has 1 heterocycles. The number of carbonyl (C=O) groups is 2. The molecule has 0 aromatic rings. The maximum atomic E-state index is 12.2. The highest BCUT2D eigenvalue weighted by molar-refractivity contribution is 5.91. The summed E-state index contributed by atoms with van der Waals surface area (Å²) in [7, 11) is 0. The Morgan fingerprint density at radius 1 is 1.46 bits per heavy atom. The SMILES string of the molecule is C=CCCC(=O)O[C@]1(C)CCC2=C(C)CC[C@H]3C(=C)C(=O)O[C@@H]3C21. The Bertz CT molecular complexity index is 630. The van der Waals surface area contributed by atoms with Crippen LogP contribution in [0.4, 0.5) is 0 Å². The van der Waals surface area contributed by atoms with E-state index in [1.54, 1.807) is 6.08 Å². The minimum Gasteiger partial charge on any atom is -0.459 e. The maximum absolute atomic E-state index is 12.2. The Labute approximate surface area is 143 Å². The molecular formula is C20H26O4. The second-order valence-corrected chi connectivity index (χ2v) is 7.44. The molecule has 130 valence electrons. The lowest BCUT2D eigenvalue weighted by Crippen LogP contribution is -2.44. The number of carbonyl (C=O) groups excluding carboxylic acids is 2. The van der Waals surface area contributed by atoms with E-state index >= 15 is 0 Å². The second kappa shape index (κ2) is 6.23. The average molecular weight is 330 g/mol. The summed E-state index contributed by atoms with van der Waals surface area (Å²) in [6.45, 7) is 11.7. The lowest BCUT2D eigenvalue weighted by atomic mass is 9.79. The van der Waals surface area contributed by atoms with Crippen molar-refractivity contribution < 1.29 is 19.1 Å². The van der Waals surface area contributed by atoms with Crippen LogP contribution in [0.25, 0.3) is 0 Å². The van der Waals surface area contributed by atoms with Crippen LogP contribution in [0.1, 0.15) is 52.4 Å². The smallest absolute Gasteiger partial charge is 0.334 e. The number of esters is 2. The van der Waals surface area contributed by atoms with E-state index in [0.717, 1.165) is 25.7 Å². The predicted molar refractivity (Wildman–Crippen MR) is 91.1 cm³/mol. The van der Waals surface area contributed by atoms with Gasteiger partial charge in [-0.3, -0.25) is 4.79 Å². The van der Waals surface area contributed by atoms with Gasteiger partial charge in [0.15, 0.2) is 0 Å². The predicted octanol–water partition coefficient (Wildman–Crippen LogP) is 3.87. The number of hydrogen-bond donors (Lipinski definition) is 0. The van der Waals surface area contributed by atoms with Crippen molar-refractivity contribution in [3.63, 3.8) is 0 Å². The zero-order valence-corrected chi connectivity index (χ0v) is 14.6. The summed E-state index contributed by atoms with van der Waals surface area (Å²) in [5, 5.41) is 0. The van der Waals surface area contributed by atoms with Crippen molar-refractivity contribution in [1.82, 2.24) is 0 Å². The van der Waals surface area contributed by atoms with Gasteiger partial charge in [0.1, 0.15) is 11.7 Å². The highest BCUT2D eigenvalue weighted by Gasteiger charge is 2.56. The Morgan fingerprint density at radius 2 is 2.21 bits per heavy atom. The first kappa shape index (κ1) is 17.0. The molecule has 2 fully saturated rings. The van der Waals surface area contributed by atoms with Crippen molar-refractivity contribution in [3.8, 4) is 0 Å². The zero-order valence-electron chi connectivity index (χ0n) is 14.6. The average Bonchev–Trinajstić information content (AvgIpc) is 2.95. The molecule has 4 heteroatoms. The van der Waals surface area contributed by atoms with E-state index in [4.69, 9.17) is 9.47 Å². The van der Waals surface area contributed by atoms with Gasteiger partial charge in [0, 0.05) is 17.9 Å². The van der Waals surface area contributed by atoms with Crippen molar-refractivity contribution in [3.05, 3.63) is 36.0 Å². The van der Waals surface area contributed by atoms with Gasteiger partial charge < -0.3 is 9.47 Å². The highest BCUT2D eigenvalue weighted by Crippen LogP contribution is 2.53. The van der Waals surface area contributed by atoms with Crippen LogP contribution in [-0.2, 0) is 19.1 Å². The monoisotopic (exact) mass is 330 g/mol. The van der Waals surface area contributed by atoms with E-state index in [2.05, 4.69) is 20.1 Å². The number of ether oxygens (including phenoxy) is 2. The van der Waals surface area contributed by atoms with Crippen molar-refractivity contribution in [1.29, 1.82) is 0 Å². The van der Waals surface area contributed by atoms with Crippen LogP contribution in [0.5, 0.6) is 0 Å². The molecule has 0 bridgehead atoms. The van der Waals surface area contributed by atoms with Gasteiger partial charge in [-0.2, -0.15) is 0 Å². The Hall–Kier alpha value is -1.84. The van der Waals surface area contributed by atoms with Crippen molar-refractivity contribution in [2.75, 3.05) is 0 Å². The largest absolute Gasteiger partial charge is 0.459 e. The quantitative estimate of drug-likeness (QED) is 0.446.